The van der Waals surface area contributed by atoms with E-state index in [4.69, 9.17) is 4.74 Å². The summed E-state index contributed by atoms with van der Waals surface area (Å²) in [5, 5.41) is 15.5. The predicted molar refractivity (Wildman–Crippen MR) is 74.9 cm³/mol. The topological polar surface area (TPSA) is 70.6 Å². The molecule has 0 spiro atoms. The monoisotopic (exact) mass is 286 g/mol. The van der Waals surface area contributed by atoms with Gasteiger partial charge in [-0.05, 0) is 24.3 Å². The molecule has 1 aliphatic rings. The molecule has 2 atom stereocenters. The Kier molecular flexibility index (Phi) is 6.08. The fourth-order valence-corrected chi connectivity index (χ4v) is 2.00. The van der Waals surface area contributed by atoms with Gasteiger partial charge in [-0.25, -0.2) is 0 Å². The number of ether oxygens (including phenoxy) is 1. The number of carbonyl (C=O) groups is 1. The van der Waals surface area contributed by atoms with Gasteiger partial charge in [-0.3, -0.25) is 4.79 Å². The first-order valence-electron chi connectivity index (χ1n) is 6.01. The Morgan fingerprint density at radius 3 is 2.63 bits per heavy atom. The van der Waals surface area contributed by atoms with E-state index in [-0.39, 0.29) is 30.3 Å². The Hall–Kier alpha value is -1.30. The molecule has 2 unspecified atom stereocenters. The van der Waals surface area contributed by atoms with Gasteiger partial charge < -0.3 is 20.5 Å². The van der Waals surface area contributed by atoms with Crippen LogP contribution < -0.4 is 15.4 Å². The molecular formula is C13H19ClN2O3. The number of halogens is 1. The van der Waals surface area contributed by atoms with E-state index in [1.807, 2.05) is 0 Å². The normalized spacial score (nSPS) is 21.6. The van der Waals surface area contributed by atoms with Gasteiger partial charge in [0, 0.05) is 31.1 Å². The van der Waals surface area contributed by atoms with E-state index in [0.29, 0.717) is 18.7 Å². The zero-order valence-corrected chi connectivity index (χ0v) is 11.6. The summed E-state index contributed by atoms with van der Waals surface area (Å²) in [5.41, 5.74) is 0.594. The average Bonchev–Trinajstić information content (AvgIpc) is 2.81. The maximum Gasteiger partial charge on any atom is 0.251 e. The minimum Gasteiger partial charge on any atom is -0.497 e. The van der Waals surface area contributed by atoms with Crippen molar-refractivity contribution in [3.63, 3.8) is 0 Å². The molecule has 1 heterocycles. The number of benzene rings is 1. The van der Waals surface area contributed by atoms with E-state index in [2.05, 4.69) is 10.6 Å². The zero-order valence-electron chi connectivity index (χ0n) is 10.8. The number of methoxy groups -OCH3 is 1. The van der Waals surface area contributed by atoms with Gasteiger partial charge in [0.05, 0.1) is 13.2 Å². The van der Waals surface area contributed by atoms with Crippen molar-refractivity contribution < 1.29 is 14.6 Å². The van der Waals surface area contributed by atoms with Crippen molar-refractivity contribution in [3.8, 4) is 5.75 Å². The summed E-state index contributed by atoms with van der Waals surface area (Å²) in [5.74, 6) is 0.686. The minimum absolute atomic E-state index is 0. The van der Waals surface area contributed by atoms with Crippen molar-refractivity contribution in [2.24, 2.45) is 5.92 Å². The minimum atomic E-state index is -0.374. The van der Waals surface area contributed by atoms with Crippen LogP contribution in [0.1, 0.15) is 10.4 Å². The van der Waals surface area contributed by atoms with Crippen molar-refractivity contribution >= 4 is 18.3 Å². The molecule has 6 heteroatoms. The molecule has 1 aliphatic heterocycles. The number of carbonyl (C=O) groups excluding carboxylic acids is 1. The molecule has 1 aromatic carbocycles. The Morgan fingerprint density at radius 2 is 2.11 bits per heavy atom. The summed E-state index contributed by atoms with van der Waals surface area (Å²) in [4.78, 5) is 11.9. The quantitative estimate of drug-likeness (QED) is 0.751. The summed E-state index contributed by atoms with van der Waals surface area (Å²) >= 11 is 0. The standard InChI is InChI=1S/C13H18N2O3.ClH/c1-18-11-4-2-9(3-5-11)13(17)15-7-10-6-14-8-12(10)16;/h2-5,10,12,14,16H,6-8H2,1H3,(H,15,17);1H. The lowest BCUT2D eigenvalue weighted by Crippen LogP contribution is -2.34. The highest BCUT2D eigenvalue weighted by Gasteiger charge is 2.25. The lowest BCUT2D eigenvalue weighted by Gasteiger charge is -2.14. The van der Waals surface area contributed by atoms with Gasteiger partial charge in [0.2, 0.25) is 0 Å². The molecule has 2 rings (SSSR count). The highest BCUT2D eigenvalue weighted by atomic mass is 35.5. The van der Waals surface area contributed by atoms with Crippen LogP contribution in [0.15, 0.2) is 24.3 Å². The predicted octanol–water partition coefficient (Wildman–Crippen LogP) is 0.427. The molecule has 0 bridgehead atoms. The van der Waals surface area contributed by atoms with E-state index in [9.17, 15) is 9.90 Å². The third-order valence-electron chi connectivity index (χ3n) is 3.18. The van der Waals surface area contributed by atoms with Crippen LogP contribution >= 0.6 is 12.4 Å². The maximum atomic E-state index is 11.9. The second-order valence-corrected chi connectivity index (χ2v) is 4.42. The summed E-state index contributed by atoms with van der Waals surface area (Å²) in [6, 6.07) is 6.94. The summed E-state index contributed by atoms with van der Waals surface area (Å²) in [6.45, 7) is 1.83. The third-order valence-corrected chi connectivity index (χ3v) is 3.18. The van der Waals surface area contributed by atoms with Gasteiger partial charge >= 0.3 is 0 Å². The number of nitrogens with one attached hydrogen (secondary N) is 2. The number of aliphatic hydroxyl groups is 1. The van der Waals surface area contributed by atoms with Crippen molar-refractivity contribution in [1.29, 1.82) is 0 Å². The van der Waals surface area contributed by atoms with Crippen LogP contribution in [0, 0.1) is 5.92 Å². The SMILES string of the molecule is COc1ccc(C(=O)NCC2CNCC2O)cc1.Cl. The van der Waals surface area contributed by atoms with Gasteiger partial charge in [0.1, 0.15) is 5.75 Å². The van der Waals surface area contributed by atoms with Crippen molar-refractivity contribution in [1.82, 2.24) is 10.6 Å². The molecule has 0 aromatic heterocycles. The first kappa shape index (κ1) is 15.8. The van der Waals surface area contributed by atoms with Gasteiger partial charge in [-0.2, -0.15) is 0 Å². The Balaban J connectivity index is 0.00000180. The smallest absolute Gasteiger partial charge is 0.251 e. The molecule has 0 radical (unpaired) electrons. The summed E-state index contributed by atoms with van der Waals surface area (Å²) in [7, 11) is 1.59. The van der Waals surface area contributed by atoms with Gasteiger partial charge in [0.15, 0.2) is 0 Å². The van der Waals surface area contributed by atoms with Crippen molar-refractivity contribution in [2.45, 2.75) is 6.10 Å². The second kappa shape index (κ2) is 7.33. The van der Waals surface area contributed by atoms with E-state index in [1.54, 1.807) is 31.4 Å². The lowest BCUT2D eigenvalue weighted by atomic mass is 10.1. The van der Waals surface area contributed by atoms with Crippen molar-refractivity contribution in [2.75, 3.05) is 26.7 Å². The van der Waals surface area contributed by atoms with Crippen LogP contribution in [0.5, 0.6) is 5.75 Å². The van der Waals surface area contributed by atoms with E-state index >= 15 is 0 Å². The average molecular weight is 287 g/mol. The van der Waals surface area contributed by atoms with Crippen LogP contribution in [-0.2, 0) is 0 Å². The number of amides is 1. The van der Waals surface area contributed by atoms with Crippen molar-refractivity contribution in [3.05, 3.63) is 29.8 Å². The second-order valence-electron chi connectivity index (χ2n) is 4.42. The molecule has 106 valence electrons. The van der Waals surface area contributed by atoms with Gasteiger partial charge in [-0.1, -0.05) is 0 Å². The Morgan fingerprint density at radius 1 is 1.42 bits per heavy atom. The van der Waals surface area contributed by atoms with Crippen LogP contribution in [0.4, 0.5) is 0 Å². The maximum absolute atomic E-state index is 11.9. The molecule has 3 N–H and O–H groups in total. The first-order chi connectivity index (χ1) is 8.70. The Labute approximate surface area is 118 Å². The third kappa shape index (κ3) is 4.09. The molecule has 5 nitrogen and oxygen atoms in total. The fraction of sp³-hybridized carbons (Fsp3) is 0.462. The number of β-amino-alcohol motifs (C(OH)–C–C–N with tert-alkyl or cyclic N) is 1. The number of rotatable bonds is 4. The highest BCUT2D eigenvalue weighted by Crippen LogP contribution is 2.12. The zero-order chi connectivity index (χ0) is 13.0. The van der Waals surface area contributed by atoms with E-state index in [1.165, 1.54) is 0 Å². The largest absolute Gasteiger partial charge is 0.497 e. The van der Waals surface area contributed by atoms with E-state index in [0.717, 1.165) is 12.3 Å². The van der Waals surface area contributed by atoms with Gasteiger partial charge in [0.25, 0.3) is 5.91 Å². The first-order valence-corrected chi connectivity index (χ1v) is 6.01. The molecule has 1 fully saturated rings. The number of hydrogen-bond donors (Lipinski definition) is 3. The van der Waals surface area contributed by atoms with Crippen LogP contribution in [-0.4, -0.2) is 43.9 Å². The molecule has 0 saturated carbocycles. The molecule has 0 aliphatic carbocycles. The summed E-state index contributed by atoms with van der Waals surface area (Å²) < 4.78 is 5.03. The molecule has 1 amide bonds. The summed E-state index contributed by atoms with van der Waals surface area (Å²) in [6.07, 6.45) is -0.374. The van der Waals surface area contributed by atoms with Crippen LogP contribution in [0.25, 0.3) is 0 Å². The van der Waals surface area contributed by atoms with Crippen LogP contribution in [0.2, 0.25) is 0 Å². The number of hydrogen-bond acceptors (Lipinski definition) is 4. The van der Waals surface area contributed by atoms with Gasteiger partial charge in [-0.15, -0.1) is 12.4 Å². The molecule has 1 aromatic rings. The lowest BCUT2D eigenvalue weighted by molar-refractivity contribution is 0.0927. The highest BCUT2D eigenvalue weighted by molar-refractivity contribution is 5.94. The Bertz CT molecular complexity index is 411. The molecule has 19 heavy (non-hydrogen) atoms. The van der Waals surface area contributed by atoms with E-state index < -0.39 is 0 Å². The fourth-order valence-electron chi connectivity index (χ4n) is 2.00. The molecule has 1 saturated heterocycles. The number of aliphatic hydroxyl groups excluding tert-OH is 1. The molecular weight excluding hydrogens is 268 g/mol. The van der Waals surface area contributed by atoms with Crippen LogP contribution in [0.3, 0.4) is 0 Å².